The Morgan fingerprint density at radius 1 is 1.54 bits per heavy atom. The number of benzene rings is 1. The predicted octanol–water partition coefficient (Wildman–Crippen LogP) is -2.01. The van der Waals surface area contributed by atoms with Gasteiger partial charge in [0.1, 0.15) is 6.54 Å². The molecule has 0 heterocycles. The van der Waals surface area contributed by atoms with E-state index in [0.29, 0.717) is 17.1 Å². The molecule has 0 aliphatic heterocycles. The molecule has 4 nitrogen and oxygen atoms in total. The van der Waals surface area contributed by atoms with Crippen molar-refractivity contribution >= 4 is 17.3 Å². The predicted molar refractivity (Wildman–Crippen MR) is 44.7 cm³/mol. The van der Waals surface area contributed by atoms with Crippen LogP contribution in [-0.4, -0.2) is 4.92 Å². The molecule has 0 saturated carbocycles. The van der Waals surface area contributed by atoms with Crippen molar-refractivity contribution in [3.63, 3.8) is 0 Å². The lowest BCUT2D eigenvalue weighted by atomic mass is 10.2. The molecular weight excluding hydrogens is 215 g/mol. The molecule has 1 aromatic carbocycles. The van der Waals surface area contributed by atoms with Gasteiger partial charge in [0.2, 0.25) is 0 Å². The molecule has 1 aromatic rings. The van der Waals surface area contributed by atoms with Gasteiger partial charge in [0, 0.05) is 22.7 Å². The lowest BCUT2D eigenvalue weighted by molar-refractivity contribution is -0.390. The van der Waals surface area contributed by atoms with Crippen LogP contribution in [0.4, 0.5) is 5.69 Å². The summed E-state index contributed by atoms with van der Waals surface area (Å²) in [5, 5.41) is 10.8. The zero-order valence-corrected chi connectivity index (χ0v) is 8.18. The fourth-order valence-electron chi connectivity index (χ4n) is 0.866. The summed E-state index contributed by atoms with van der Waals surface area (Å²) in [6.07, 6.45) is 0. The van der Waals surface area contributed by atoms with E-state index in [2.05, 4.69) is 5.73 Å². The summed E-state index contributed by atoms with van der Waals surface area (Å²) in [6.45, 7) is 0.459. The fraction of sp³-hybridized carbons (Fsp3) is 0.143. The number of nitrogens with zero attached hydrogens (tertiary/aromatic N) is 1. The zero-order chi connectivity index (χ0) is 9.14. The summed E-state index contributed by atoms with van der Waals surface area (Å²) in [6, 6.07) is 4.33. The number of nitro benzene ring substituents is 1. The number of rotatable bonds is 2. The van der Waals surface area contributed by atoms with Crippen LogP contribution in [0.1, 0.15) is 5.56 Å². The topological polar surface area (TPSA) is 70.8 Å². The SMILES string of the molecule is [Cl-].[NH3+]Cc1cc([N+](=O)[O-])ccc1Cl. The van der Waals surface area contributed by atoms with E-state index in [1.807, 2.05) is 0 Å². The number of nitro groups is 1. The molecule has 0 aliphatic carbocycles. The van der Waals surface area contributed by atoms with Crippen LogP contribution in [-0.2, 0) is 6.54 Å². The molecule has 0 fully saturated rings. The number of non-ortho nitro benzene ring substituents is 1. The minimum Gasteiger partial charge on any atom is -1.00 e. The maximum absolute atomic E-state index is 10.3. The van der Waals surface area contributed by atoms with Crippen LogP contribution in [0.15, 0.2) is 18.2 Å². The average molecular weight is 223 g/mol. The number of quaternary nitrogens is 1. The molecule has 0 radical (unpaired) electrons. The molecular formula is C7H8Cl2N2O2. The van der Waals surface area contributed by atoms with Gasteiger partial charge in [-0.1, -0.05) is 11.6 Å². The highest BCUT2D eigenvalue weighted by molar-refractivity contribution is 6.31. The van der Waals surface area contributed by atoms with Gasteiger partial charge in [-0.25, -0.2) is 0 Å². The van der Waals surface area contributed by atoms with Crippen molar-refractivity contribution in [2.45, 2.75) is 6.54 Å². The molecule has 0 aliphatic rings. The Bertz CT molecular complexity index is 317. The first-order valence-electron chi connectivity index (χ1n) is 3.37. The van der Waals surface area contributed by atoms with Gasteiger partial charge in [0.25, 0.3) is 5.69 Å². The average Bonchev–Trinajstić information content (AvgIpc) is 2.05. The molecule has 0 spiro atoms. The summed E-state index contributed by atoms with van der Waals surface area (Å²) in [5.74, 6) is 0. The highest BCUT2D eigenvalue weighted by Gasteiger charge is 2.08. The summed E-state index contributed by atoms with van der Waals surface area (Å²) in [5.41, 5.74) is 4.36. The van der Waals surface area contributed by atoms with Gasteiger partial charge in [-0.2, -0.15) is 0 Å². The zero-order valence-electron chi connectivity index (χ0n) is 6.67. The molecule has 3 N–H and O–H groups in total. The Balaban J connectivity index is 0.00000144. The van der Waals surface area contributed by atoms with E-state index >= 15 is 0 Å². The minimum absolute atomic E-state index is 0. The van der Waals surface area contributed by atoms with Crippen molar-refractivity contribution in [2.24, 2.45) is 0 Å². The third-order valence-corrected chi connectivity index (χ3v) is 1.88. The molecule has 0 atom stereocenters. The van der Waals surface area contributed by atoms with Crippen molar-refractivity contribution < 1.29 is 23.1 Å². The molecule has 0 unspecified atom stereocenters. The quantitative estimate of drug-likeness (QED) is 0.465. The number of halogens is 2. The van der Waals surface area contributed by atoms with Crippen molar-refractivity contribution in [2.75, 3.05) is 0 Å². The first-order valence-corrected chi connectivity index (χ1v) is 3.75. The summed E-state index contributed by atoms with van der Waals surface area (Å²) < 4.78 is 0. The lowest BCUT2D eigenvalue weighted by Crippen LogP contribution is -3.00. The molecule has 0 amide bonds. The van der Waals surface area contributed by atoms with Gasteiger partial charge >= 0.3 is 0 Å². The molecule has 1 rings (SSSR count). The van der Waals surface area contributed by atoms with Crippen LogP contribution in [0.5, 0.6) is 0 Å². The van der Waals surface area contributed by atoms with E-state index in [-0.39, 0.29) is 18.1 Å². The van der Waals surface area contributed by atoms with E-state index < -0.39 is 4.92 Å². The normalized spacial score (nSPS) is 9.08. The standard InChI is InChI=1S/C7H7ClN2O2.ClH/c8-7-2-1-6(10(11)12)3-5(7)4-9;/h1-3H,4,9H2;1H. The van der Waals surface area contributed by atoms with Crippen molar-refractivity contribution in [3.05, 3.63) is 38.9 Å². The van der Waals surface area contributed by atoms with Crippen LogP contribution in [0.25, 0.3) is 0 Å². The van der Waals surface area contributed by atoms with Crippen LogP contribution in [0, 0.1) is 10.1 Å². The number of hydrogen-bond acceptors (Lipinski definition) is 2. The Kier molecular flexibility index (Phi) is 4.69. The first kappa shape index (κ1) is 12.2. The third-order valence-electron chi connectivity index (χ3n) is 1.51. The van der Waals surface area contributed by atoms with Gasteiger partial charge in [0.05, 0.1) is 4.92 Å². The van der Waals surface area contributed by atoms with Gasteiger partial charge in [-0.3, -0.25) is 10.1 Å². The summed E-state index contributed by atoms with van der Waals surface area (Å²) in [7, 11) is 0. The summed E-state index contributed by atoms with van der Waals surface area (Å²) >= 11 is 5.74. The second-order valence-electron chi connectivity index (χ2n) is 2.28. The molecule has 13 heavy (non-hydrogen) atoms. The van der Waals surface area contributed by atoms with Crippen LogP contribution in [0.3, 0.4) is 0 Å². The lowest BCUT2D eigenvalue weighted by Gasteiger charge is -1.97. The van der Waals surface area contributed by atoms with E-state index in [9.17, 15) is 10.1 Å². The largest absolute Gasteiger partial charge is 1.00 e. The van der Waals surface area contributed by atoms with Crippen molar-refractivity contribution in [1.29, 1.82) is 0 Å². The Morgan fingerprint density at radius 3 is 2.62 bits per heavy atom. The van der Waals surface area contributed by atoms with E-state index in [0.717, 1.165) is 0 Å². The molecule has 0 bridgehead atoms. The monoisotopic (exact) mass is 222 g/mol. The van der Waals surface area contributed by atoms with Crippen LogP contribution >= 0.6 is 11.6 Å². The van der Waals surface area contributed by atoms with E-state index in [1.165, 1.54) is 18.2 Å². The van der Waals surface area contributed by atoms with Crippen LogP contribution < -0.4 is 18.1 Å². The highest BCUT2D eigenvalue weighted by Crippen LogP contribution is 2.20. The van der Waals surface area contributed by atoms with Gasteiger partial charge in [-0.15, -0.1) is 0 Å². The second-order valence-corrected chi connectivity index (χ2v) is 2.69. The van der Waals surface area contributed by atoms with Crippen molar-refractivity contribution in [3.8, 4) is 0 Å². The maximum atomic E-state index is 10.3. The fourth-order valence-corrected chi connectivity index (χ4v) is 1.08. The molecule has 72 valence electrons. The minimum atomic E-state index is -0.449. The number of hydrogen-bond donors (Lipinski definition) is 1. The Morgan fingerprint density at radius 2 is 2.15 bits per heavy atom. The molecule has 0 saturated heterocycles. The summed E-state index contributed by atoms with van der Waals surface area (Å²) in [4.78, 5) is 9.87. The van der Waals surface area contributed by atoms with Gasteiger partial charge in [0.15, 0.2) is 0 Å². The van der Waals surface area contributed by atoms with Crippen molar-refractivity contribution in [1.82, 2.24) is 0 Å². The molecule has 0 aromatic heterocycles. The third kappa shape index (κ3) is 2.84. The van der Waals surface area contributed by atoms with E-state index in [4.69, 9.17) is 11.6 Å². The maximum Gasteiger partial charge on any atom is 0.270 e. The van der Waals surface area contributed by atoms with E-state index in [1.54, 1.807) is 0 Å². The first-order chi connectivity index (χ1) is 5.65. The Labute approximate surface area is 86.2 Å². The van der Waals surface area contributed by atoms with Gasteiger partial charge in [-0.05, 0) is 6.07 Å². The highest BCUT2D eigenvalue weighted by atomic mass is 35.5. The smallest absolute Gasteiger partial charge is 0.270 e. The second kappa shape index (κ2) is 5.01. The Hall–Kier alpha value is -0.840. The molecule has 6 heteroatoms. The van der Waals surface area contributed by atoms with Gasteiger partial charge < -0.3 is 18.1 Å². The van der Waals surface area contributed by atoms with Crippen LogP contribution in [0.2, 0.25) is 5.02 Å².